The minimum Gasteiger partial charge on any atom is -0.378 e. The van der Waals surface area contributed by atoms with Crippen LogP contribution in [0.2, 0.25) is 0 Å². The molecule has 0 aromatic rings. The molecule has 0 aromatic heterocycles. The SMILES string of the molecule is CC(C)C(CCN)CCCNCC1CCOC1C. The average Bonchev–Trinajstić information content (AvgIpc) is 2.73. The number of hydrogen-bond acceptors (Lipinski definition) is 3. The lowest BCUT2D eigenvalue weighted by atomic mass is 9.88. The fraction of sp³-hybridized carbons (Fsp3) is 1.00. The van der Waals surface area contributed by atoms with Gasteiger partial charge in [0.2, 0.25) is 0 Å². The number of nitrogens with two attached hydrogens (primary N) is 1. The van der Waals surface area contributed by atoms with E-state index in [0.29, 0.717) is 6.10 Å². The summed E-state index contributed by atoms with van der Waals surface area (Å²) in [4.78, 5) is 0. The van der Waals surface area contributed by atoms with E-state index < -0.39 is 0 Å². The first-order valence-corrected chi connectivity index (χ1v) is 7.67. The molecule has 1 heterocycles. The van der Waals surface area contributed by atoms with Crippen molar-refractivity contribution < 1.29 is 4.74 Å². The van der Waals surface area contributed by atoms with Crippen LogP contribution in [0.15, 0.2) is 0 Å². The van der Waals surface area contributed by atoms with E-state index in [0.717, 1.165) is 44.0 Å². The topological polar surface area (TPSA) is 47.3 Å². The Morgan fingerprint density at radius 1 is 1.33 bits per heavy atom. The summed E-state index contributed by atoms with van der Waals surface area (Å²) in [5, 5.41) is 3.58. The Hall–Kier alpha value is -0.120. The predicted molar refractivity (Wildman–Crippen MR) is 77.6 cm³/mol. The summed E-state index contributed by atoms with van der Waals surface area (Å²) in [5.41, 5.74) is 5.67. The van der Waals surface area contributed by atoms with Gasteiger partial charge in [0.25, 0.3) is 0 Å². The van der Waals surface area contributed by atoms with Gasteiger partial charge in [0.05, 0.1) is 6.10 Å². The van der Waals surface area contributed by atoms with E-state index in [-0.39, 0.29) is 0 Å². The summed E-state index contributed by atoms with van der Waals surface area (Å²) in [6.45, 7) is 10.8. The second-order valence-corrected chi connectivity index (χ2v) is 6.05. The van der Waals surface area contributed by atoms with E-state index in [1.165, 1.54) is 25.7 Å². The molecule has 0 aliphatic carbocycles. The highest BCUT2D eigenvalue weighted by atomic mass is 16.5. The lowest BCUT2D eigenvalue weighted by molar-refractivity contribution is 0.105. The van der Waals surface area contributed by atoms with Crippen LogP contribution in [-0.2, 0) is 4.74 Å². The van der Waals surface area contributed by atoms with E-state index in [2.05, 4.69) is 26.1 Å². The van der Waals surface area contributed by atoms with Crippen molar-refractivity contribution in [2.24, 2.45) is 23.5 Å². The van der Waals surface area contributed by atoms with Gasteiger partial charge in [-0.3, -0.25) is 0 Å². The van der Waals surface area contributed by atoms with Gasteiger partial charge in [-0.2, -0.15) is 0 Å². The van der Waals surface area contributed by atoms with Crippen LogP contribution < -0.4 is 11.1 Å². The summed E-state index contributed by atoms with van der Waals surface area (Å²) >= 11 is 0. The quantitative estimate of drug-likeness (QED) is 0.623. The van der Waals surface area contributed by atoms with E-state index in [4.69, 9.17) is 10.5 Å². The maximum absolute atomic E-state index is 5.67. The minimum atomic E-state index is 0.443. The monoisotopic (exact) mass is 256 g/mol. The molecule has 1 aliphatic rings. The van der Waals surface area contributed by atoms with Gasteiger partial charge in [-0.15, -0.1) is 0 Å². The Morgan fingerprint density at radius 3 is 2.67 bits per heavy atom. The molecular formula is C15H32N2O. The van der Waals surface area contributed by atoms with Crippen molar-refractivity contribution in [3.05, 3.63) is 0 Å². The van der Waals surface area contributed by atoms with Crippen LogP contribution in [0.1, 0.15) is 46.5 Å². The third-order valence-electron chi connectivity index (χ3n) is 4.35. The molecule has 0 radical (unpaired) electrons. The smallest absolute Gasteiger partial charge is 0.0588 e. The summed E-state index contributed by atoms with van der Waals surface area (Å²) in [6, 6.07) is 0. The van der Waals surface area contributed by atoms with Gasteiger partial charge in [0, 0.05) is 13.2 Å². The highest BCUT2D eigenvalue weighted by Gasteiger charge is 2.23. The molecule has 108 valence electrons. The van der Waals surface area contributed by atoms with Crippen molar-refractivity contribution in [2.45, 2.75) is 52.6 Å². The Balaban J connectivity index is 2.03. The molecule has 1 rings (SSSR count). The van der Waals surface area contributed by atoms with E-state index in [1.54, 1.807) is 0 Å². The van der Waals surface area contributed by atoms with Gasteiger partial charge in [0.1, 0.15) is 0 Å². The van der Waals surface area contributed by atoms with Crippen LogP contribution in [0.5, 0.6) is 0 Å². The molecule has 1 fully saturated rings. The van der Waals surface area contributed by atoms with Crippen LogP contribution in [0.3, 0.4) is 0 Å². The first-order chi connectivity index (χ1) is 8.65. The Bertz CT molecular complexity index is 209. The predicted octanol–water partition coefficient (Wildman–Crippen LogP) is 2.40. The van der Waals surface area contributed by atoms with Crippen LogP contribution in [0, 0.1) is 17.8 Å². The number of ether oxygens (including phenoxy) is 1. The molecule has 3 N–H and O–H groups in total. The van der Waals surface area contributed by atoms with Crippen molar-refractivity contribution in [3.8, 4) is 0 Å². The first kappa shape index (κ1) is 15.9. The molecule has 3 atom stereocenters. The maximum atomic E-state index is 5.67. The lowest BCUT2D eigenvalue weighted by Crippen LogP contribution is -2.28. The van der Waals surface area contributed by atoms with Crippen LogP contribution in [0.25, 0.3) is 0 Å². The van der Waals surface area contributed by atoms with Gasteiger partial charge < -0.3 is 15.8 Å². The molecule has 0 spiro atoms. The summed E-state index contributed by atoms with van der Waals surface area (Å²) in [7, 11) is 0. The van der Waals surface area contributed by atoms with Crippen molar-refractivity contribution in [3.63, 3.8) is 0 Å². The molecule has 1 aliphatic heterocycles. The normalized spacial score (nSPS) is 25.8. The van der Waals surface area contributed by atoms with Gasteiger partial charge in [0.15, 0.2) is 0 Å². The zero-order valence-electron chi connectivity index (χ0n) is 12.5. The Labute approximate surface area is 113 Å². The second kappa shape index (κ2) is 8.89. The van der Waals surface area contributed by atoms with Gasteiger partial charge in [-0.05, 0) is 63.5 Å². The van der Waals surface area contributed by atoms with E-state index in [9.17, 15) is 0 Å². The molecule has 3 unspecified atom stereocenters. The van der Waals surface area contributed by atoms with Crippen LogP contribution in [0.4, 0.5) is 0 Å². The highest BCUT2D eigenvalue weighted by molar-refractivity contribution is 4.74. The van der Waals surface area contributed by atoms with Crippen molar-refractivity contribution in [1.29, 1.82) is 0 Å². The molecule has 3 heteroatoms. The Kier molecular flexibility index (Phi) is 7.87. The fourth-order valence-electron chi connectivity index (χ4n) is 2.85. The molecule has 0 amide bonds. The maximum Gasteiger partial charge on any atom is 0.0588 e. The fourth-order valence-corrected chi connectivity index (χ4v) is 2.85. The van der Waals surface area contributed by atoms with Gasteiger partial charge in [-0.1, -0.05) is 13.8 Å². The van der Waals surface area contributed by atoms with Crippen LogP contribution >= 0.6 is 0 Å². The summed E-state index contributed by atoms with van der Waals surface area (Å²) in [5.74, 6) is 2.28. The number of hydrogen-bond donors (Lipinski definition) is 2. The molecular weight excluding hydrogens is 224 g/mol. The van der Waals surface area contributed by atoms with Gasteiger partial charge in [-0.25, -0.2) is 0 Å². The molecule has 0 aromatic carbocycles. The van der Waals surface area contributed by atoms with E-state index >= 15 is 0 Å². The minimum absolute atomic E-state index is 0.443. The average molecular weight is 256 g/mol. The first-order valence-electron chi connectivity index (χ1n) is 7.67. The Morgan fingerprint density at radius 2 is 2.11 bits per heavy atom. The van der Waals surface area contributed by atoms with Crippen molar-refractivity contribution >= 4 is 0 Å². The molecule has 3 nitrogen and oxygen atoms in total. The van der Waals surface area contributed by atoms with Crippen molar-refractivity contribution in [2.75, 3.05) is 26.2 Å². The van der Waals surface area contributed by atoms with Crippen LogP contribution in [-0.4, -0.2) is 32.3 Å². The zero-order valence-corrected chi connectivity index (χ0v) is 12.5. The lowest BCUT2D eigenvalue weighted by Gasteiger charge is -2.20. The van der Waals surface area contributed by atoms with Crippen molar-refractivity contribution in [1.82, 2.24) is 5.32 Å². The molecule has 1 saturated heterocycles. The largest absolute Gasteiger partial charge is 0.378 e. The second-order valence-electron chi connectivity index (χ2n) is 6.05. The third kappa shape index (κ3) is 5.68. The summed E-state index contributed by atoms with van der Waals surface area (Å²) < 4.78 is 5.57. The third-order valence-corrected chi connectivity index (χ3v) is 4.35. The summed E-state index contributed by atoms with van der Waals surface area (Å²) in [6.07, 6.45) is 5.41. The molecule has 0 saturated carbocycles. The standard InChI is InChI=1S/C15H32N2O/c1-12(2)14(6-8-16)5-4-9-17-11-15-7-10-18-13(15)3/h12-15,17H,4-11,16H2,1-3H3. The number of nitrogens with one attached hydrogen (secondary N) is 1. The van der Waals surface area contributed by atoms with E-state index in [1.807, 2.05) is 0 Å². The van der Waals surface area contributed by atoms with Gasteiger partial charge >= 0.3 is 0 Å². The number of rotatable bonds is 9. The highest BCUT2D eigenvalue weighted by Crippen LogP contribution is 2.21. The molecule has 18 heavy (non-hydrogen) atoms. The zero-order chi connectivity index (χ0) is 13.4. The molecule has 0 bridgehead atoms.